The molecule has 2 aromatic carbocycles. The van der Waals surface area contributed by atoms with Gasteiger partial charge in [0, 0.05) is 64.7 Å². The number of hydrogen-bond acceptors (Lipinski definition) is 4. The summed E-state index contributed by atoms with van der Waals surface area (Å²) in [6.07, 6.45) is -10.4. The summed E-state index contributed by atoms with van der Waals surface area (Å²) < 4.78 is 94.4. The summed E-state index contributed by atoms with van der Waals surface area (Å²) in [6.45, 7) is 0.0754. The molecule has 2 heterocycles. The van der Waals surface area contributed by atoms with Gasteiger partial charge in [0.15, 0.2) is 0 Å². The normalized spacial score (nSPS) is 20.1. The standard InChI is InChI=1S/C29H29F7N4O4/c1-37(21-13-18(28(31,32)33)12-19(14-21)29(34,35)36)27(44)38(2)23-8-9-40(15-22(23)16-4-6-20(30)7-5-16)26(43)17-10-24(41)39(3)25(42)11-17/h4-7,12-14,17,22-23H,8-11,15H2,1-3H3/t22-,23+/m0/s1. The van der Waals surface area contributed by atoms with Gasteiger partial charge in [-0.3, -0.25) is 24.2 Å². The van der Waals surface area contributed by atoms with E-state index in [1.54, 1.807) is 0 Å². The van der Waals surface area contributed by atoms with E-state index in [4.69, 9.17) is 0 Å². The number of piperidine rings is 2. The molecule has 238 valence electrons. The van der Waals surface area contributed by atoms with Gasteiger partial charge >= 0.3 is 18.4 Å². The Bertz CT molecular complexity index is 1390. The molecule has 0 aliphatic carbocycles. The lowest BCUT2D eigenvalue weighted by Gasteiger charge is -2.44. The summed E-state index contributed by atoms with van der Waals surface area (Å²) >= 11 is 0. The number of rotatable bonds is 4. The molecule has 0 aromatic heterocycles. The van der Waals surface area contributed by atoms with Crippen LogP contribution in [0.5, 0.6) is 0 Å². The Morgan fingerprint density at radius 1 is 0.864 bits per heavy atom. The van der Waals surface area contributed by atoms with E-state index in [0.29, 0.717) is 22.6 Å². The van der Waals surface area contributed by atoms with Crippen LogP contribution in [0.3, 0.4) is 0 Å². The predicted octanol–water partition coefficient (Wildman–Crippen LogP) is 5.13. The molecule has 15 heteroatoms. The van der Waals surface area contributed by atoms with Gasteiger partial charge in [-0.25, -0.2) is 9.18 Å². The molecule has 0 saturated carbocycles. The number of amides is 5. The molecule has 2 saturated heterocycles. The van der Waals surface area contributed by atoms with Crippen molar-refractivity contribution in [1.29, 1.82) is 0 Å². The van der Waals surface area contributed by atoms with E-state index in [1.165, 1.54) is 48.2 Å². The number of alkyl halides is 6. The molecule has 44 heavy (non-hydrogen) atoms. The minimum Gasteiger partial charge on any atom is -0.342 e. The van der Waals surface area contributed by atoms with Crippen molar-refractivity contribution in [2.45, 2.75) is 43.6 Å². The minimum absolute atomic E-state index is 0.00698. The third kappa shape index (κ3) is 6.81. The highest BCUT2D eigenvalue weighted by Gasteiger charge is 2.42. The summed E-state index contributed by atoms with van der Waals surface area (Å²) in [6, 6.07) is 4.49. The second kappa shape index (κ2) is 12.1. The minimum atomic E-state index is -5.11. The number of imide groups is 1. The second-order valence-corrected chi connectivity index (χ2v) is 11.0. The zero-order chi connectivity index (χ0) is 32.7. The van der Waals surface area contributed by atoms with E-state index in [-0.39, 0.29) is 38.4 Å². The number of benzene rings is 2. The number of likely N-dealkylation sites (N-methyl/N-ethyl adjacent to an activating group) is 1. The van der Waals surface area contributed by atoms with Gasteiger partial charge in [0.2, 0.25) is 17.7 Å². The highest BCUT2D eigenvalue weighted by molar-refractivity contribution is 6.02. The van der Waals surface area contributed by atoms with Gasteiger partial charge in [-0.1, -0.05) is 12.1 Å². The van der Waals surface area contributed by atoms with Crippen molar-refractivity contribution in [3.8, 4) is 0 Å². The number of carbonyl (C=O) groups excluding carboxylic acids is 4. The molecule has 8 nitrogen and oxygen atoms in total. The van der Waals surface area contributed by atoms with Crippen molar-refractivity contribution in [2.24, 2.45) is 5.92 Å². The largest absolute Gasteiger partial charge is 0.416 e. The van der Waals surface area contributed by atoms with Crippen LogP contribution in [0, 0.1) is 11.7 Å². The topological polar surface area (TPSA) is 81.2 Å². The van der Waals surface area contributed by atoms with Crippen molar-refractivity contribution in [1.82, 2.24) is 14.7 Å². The fourth-order valence-electron chi connectivity index (χ4n) is 5.60. The van der Waals surface area contributed by atoms with E-state index in [1.807, 2.05) is 0 Å². The Hall–Kier alpha value is -4.17. The molecule has 5 amide bonds. The summed E-state index contributed by atoms with van der Waals surface area (Å²) in [7, 11) is 3.72. The monoisotopic (exact) mass is 630 g/mol. The second-order valence-electron chi connectivity index (χ2n) is 11.0. The number of anilines is 1. The predicted molar refractivity (Wildman–Crippen MR) is 143 cm³/mol. The van der Waals surface area contributed by atoms with Gasteiger partial charge in [0.25, 0.3) is 0 Å². The van der Waals surface area contributed by atoms with Gasteiger partial charge in [0.05, 0.1) is 17.0 Å². The molecule has 2 aliphatic rings. The fraction of sp³-hybridized carbons (Fsp3) is 0.448. The molecule has 2 fully saturated rings. The number of hydrogen-bond donors (Lipinski definition) is 0. The van der Waals surface area contributed by atoms with E-state index in [2.05, 4.69) is 0 Å². The molecule has 0 spiro atoms. The summed E-state index contributed by atoms with van der Waals surface area (Å²) in [4.78, 5) is 55.6. The molecule has 2 aromatic rings. The highest BCUT2D eigenvalue weighted by Crippen LogP contribution is 2.39. The molecule has 2 atom stereocenters. The first kappa shape index (κ1) is 32.7. The Balaban J connectivity index is 1.62. The molecular formula is C29H29F7N4O4. The van der Waals surface area contributed by atoms with Gasteiger partial charge in [-0.2, -0.15) is 26.3 Å². The first-order chi connectivity index (χ1) is 20.4. The van der Waals surface area contributed by atoms with Crippen molar-refractivity contribution < 1.29 is 49.9 Å². The lowest BCUT2D eigenvalue weighted by atomic mass is 9.84. The lowest BCUT2D eigenvalue weighted by molar-refractivity contribution is -0.154. The van der Waals surface area contributed by atoms with Crippen LogP contribution < -0.4 is 4.90 Å². The average Bonchev–Trinajstić information content (AvgIpc) is 2.97. The lowest BCUT2D eigenvalue weighted by Crippen LogP contribution is -2.55. The maximum absolute atomic E-state index is 13.8. The third-order valence-electron chi connectivity index (χ3n) is 8.17. The van der Waals surface area contributed by atoms with E-state index in [0.717, 1.165) is 11.9 Å². The van der Waals surface area contributed by atoms with Crippen molar-refractivity contribution in [3.63, 3.8) is 0 Å². The van der Waals surface area contributed by atoms with Crippen molar-refractivity contribution >= 4 is 29.4 Å². The highest BCUT2D eigenvalue weighted by atomic mass is 19.4. The van der Waals surface area contributed by atoms with Crippen LogP contribution in [0.15, 0.2) is 42.5 Å². The van der Waals surface area contributed by atoms with Crippen LogP contribution in [0.2, 0.25) is 0 Å². The fourth-order valence-corrected chi connectivity index (χ4v) is 5.60. The average molecular weight is 631 g/mol. The summed E-state index contributed by atoms with van der Waals surface area (Å²) in [5.41, 5.74) is -3.27. The SMILES string of the molecule is CN1C(=O)CC(C(=O)N2CC[C@@H](N(C)C(=O)N(C)c3cc(C(F)(F)F)cc(C(F)(F)F)c3)[C@H](c3ccc(F)cc3)C2)CC1=O. The molecular weight excluding hydrogens is 601 g/mol. The van der Waals surface area contributed by atoms with E-state index in [9.17, 15) is 49.9 Å². The summed E-state index contributed by atoms with van der Waals surface area (Å²) in [5, 5.41) is 0. The molecule has 2 aliphatic heterocycles. The molecule has 4 rings (SSSR count). The van der Waals surface area contributed by atoms with E-state index >= 15 is 0 Å². The van der Waals surface area contributed by atoms with Crippen LogP contribution in [0.4, 0.5) is 41.2 Å². The zero-order valence-corrected chi connectivity index (χ0v) is 23.9. The van der Waals surface area contributed by atoms with Crippen LogP contribution >= 0.6 is 0 Å². The van der Waals surface area contributed by atoms with Gasteiger partial charge in [-0.05, 0) is 42.3 Å². The Morgan fingerprint density at radius 2 is 1.39 bits per heavy atom. The Morgan fingerprint density at radius 3 is 1.89 bits per heavy atom. The maximum atomic E-state index is 13.8. The molecule has 0 unspecified atom stereocenters. The van der Waals surface area contributed by atoms with Gasteiger partial charge in [0.1, 0.15) is 5.82 Å². The Kier molecular flexibility index (Phi) is 8.99. The van der Waals surface area contributed by atoms with Crippen molar-refractivity contribution in [3.05, 3.63) is 65.0 Å². The van der Waals surface area contributed by atoms with Crippen LogP contribution in [0.1, 0.15) is 41.9 Å². The molecule has 0 N–H and O–H groups in total. The van der Waals surface area contributed by atoms with Crippen LogP contribution in [-0.2, 0) is 26.7 Å². The van der Waals surface area contributed by atoms with E-state index < -0.39 is 76.6 Å². The first-order valence-corrected chi connectivity index (χ1v) is 13.5. The quantitative estimate of drug-likeness (QED) is 0.347. The molecule has 0 radical (unpaired) electrons. The molecule has 0 bridgehead atoms. The summed E-state index contributed by atoms with van der Waals surface area (Å²) in [5.74, 6) is -3.53. The maximum Gasteiger partial charge on any atom is 0.416 e. The third-order valence-corrected chi connectivity index (χ3v) is 8.17. The van der Waals surface area contributed by atoms with Crippen LogP contribution in [-0.4, -0.2) is 78.7 Å². The number of nitrogens with zero attached hydrogens (tertiary/aromatic N) is 4. The first-order valence-electron chi connectivity index (χ1n) is 13.5. The number of likely N-dealkylation sites (tertiary alicyclic amines) is 2. The van der Waals surface area contributed by atoms with Crippen LogP contribution in [0.25, 0.3) is 0 Å². The number of halogens is 7. The zero-order valence-electron chi connectivity index (χ0n) is 23.9. The van der Waals surface area contributed by atoms with Crippen molar-refractivity contribution in [2.75, 3.05) is 39.1 Å². The smallest absolute Gasteiger partial charge is 0.342 e. The Labute approximate surface area is 248 Å². The van der Waals surface area contributed by atoms with Gasteiger partial charge in [-0.15, -0.1) is 0 Å². The number of carbonyl (C=O) groups is 4. The van der Waals surface area contributed by atoms with Gasteiger partial charge < -0.3 is 9.80 Å². The number of urea groups is 1.